The van der Waals surface area contributed by atoms with E-state index in [2.05, 4.69) is 22.2 Å². The number of likely N-dealkylation sites (N-methyl/N-ethyl adjacent to an activating group) is 1. The molecule has 9 heteroatoms. The van der Waals surface area contributed by atoms with Crippen molar-refractivity contribution in [2.45, 2.75) is 24.7 Å². The number of β-amino-alcohol motifs (C(OH)–C–C–N with tert-alkyl or cyclic N) is 1. The fraction of sp³-hybridized carbons (Fsp3) is 0.450. The molecule has 0 saturated carbocycles. The van der Waals surface area contributed by atoms with Crippen LogP contribution < -0.4 is 10.6 Å². The van der Waals surface area contributed by atoms with Gasteiger partial charge in [0.05, 0.1) is 19.3 Å². The fourth-order valence-electron chi connectivity index (χ4n) is 3.42. The van der Waals surface area contributed by atoms with Crippen molar-refractivity contribution in [1.82, 2.24) is 20.4 Å². The Labute approximate surface area is 170 Å². The number of fused-ring (bicyclic) bond motifs is 1. The molecule has 2 heterocycles. The third-order valence-corrected chi connectivity index (χ3v) is 4.88. The van der Waals surface area contributed by atoms with E-state index in [-0.39, 0.29) is 13.2 Å². The van der Waals surface area contributed by atoms with Crippen molar-refractivity contribution in [3.05, 3.63) is 48.6 Å². The highest BCUT2D eigenvalue weighted by Gasteiger charge is 2.50. The Bertz CT molecular complexity index is 769. The molecule has 0 bridgehead atoms. The van der Waals surface area contributed by atoms with Crippen molar-refractivity contribution < 1.29 is 19.4 Å². The van der Waals surface area contributed by atoms with Crippen molar-refractivity contribution in [2.24, 2.45) is 4.99 Å². The smallest absolute Gasteiger partial charge is 0.325 e. The summed E-state index contributed by atoms with van der Waals surface area (Å²) in [6.07, 6.45) is 0.964. The lowest BCUT2D eigenvalue weighted by Gasteiger charge is -2.35. The van der Waals surface area contributed by atoms with Gasteiger partial charge in [0, 0.05) is 20.1 Å². The Hall–Kier alpha value is -2.91. The van der Waals surface area contributed by atoms with Crippen LogP contribution in [0.5, 0.6) is 0 Å². The van der Waals surface area contributed by atoms with Gasteiger partial charge in [-0.1, -0.05) is 36.4 Å². The number of urea groups is 1. The Morgan fingerprint density at radius 1 is 1.34 bits per heavy atom. The highest BCUT2D eigenvalue weighted by Crippen LogP contribution is 2.21. The van der Waals surface area contributed by atoms with Gasteiger partial charge in [-0.2, -0.15) is 0 Å². The number of amides is 3. The number of carbonyl (C=O) groups excluding carboxylic acids is 2. The monoisotopic (exact) mass is 401 g/mol. The quantitative estimate of drug-likeness (QED) is 0.395. The highest BCUT2D eigenvalue weighted by atomic mass is 16.5. The van der Waals surface area contributed by atoms with E-state index in [1.54, 1.807) is 18.0 Å². The lowest BCUT2D eigenvalue weighted by atomic mass is 10.1. The maximum atomic E-state index is 12.5. The SMILES string of the molecule is C=CCOCC(O)CN1C(=NCCc2ccccc2)NC2C1C(=O)NC(=O)N2C. The molecule has 3 amide bonds. The largest absolute Gasteiger partial charge is 0.389 e. The standard InChI is InChI=1S/C20H27N5O4/c1-3-11-29-13-15(26)12-25-16-17(24(2)20(28)23-18(16)27)22-19(25)21-10-9-14-7-5-4-6-8-14/h3-8,15-17,26H,1,9-13H2,2H3,(H,21,22)(H,23,27,28). The Balaban J connectivity index is 1.74. The van der Waals surface area contributed by atoms with Gasteiger partial charge in [-0.25, -0.2) is 4.79 Å². The maximum absolute atomic E-state index is 12.5. The predicted molar refractivity (Wildman–Crippen MR) is 108 cm³/mol. The number of carbonyl (C=O) groups is 2. The predicted octanol–water partition coefficient (Wildman–Crippen LogP) is -0.0699. The van der Waals surface area contributed by atoms with Gasteiger partial charge >= 0.3 is 6.03 Å². The number of hydrogen-bond acceptors (Lipinski definition) is 5. The summed E-state index contributed by atoms with van der Waals surface area (Å²) in [5, 5.41) is 15.9. The zero-order valence-corrected chi connectivity index (χ0v) is 16.5. The second kappa shape index (κ2) is 9.53. The number of aliphatic hydroxyl groups excluding tert-OH is 1. The first-order valence-electron chi connectivity index (χ1n) is 9.57. The summed E-state index contributed by atoms with van der Waals surface area (Å²) in [7, 11) is 1.61. The summed E-state index contributed by atoms with van der Waals surface area (Å²) in [6, 6.07) is 8.82. The van der Waals surface area contributed by atoms with E-state index in [0.717, 1.165) is 12.0 Å². The van der Waals surface area contributed by atoms with Crippen LogP contribution in [0.3, 0.4) is 0 Å². The Morgan fingerprint density at radius 3 is 2.83 bits per heavy atom. The molecule has 0 spiro atoms. The van der Waals surface area contributed by atoms with Crippen LogP contribution in [-0.4, -0.2) is 84.5 Å². The van der Waals surface area contributed by atoms with Gasteiger partial charge in [-0.3, -0.25) is 15.1 Å². The molecular weight excluding hydrogens is 374 g/mol. The molecule has 3 atom stereocenters. The maximum Gasteiger partial charge on any atom is 0.325 e. The normalized spacial score (nSPS) is 23.6. The van der Waals surface area contributed by atoms with Crippen molar-refractivity contribution in [3.63, 3.8) is 0 Å². The highest BCUT2D eigenvalue weighted by molar-refractivity contribution is 6.04. The van der Waals surface area contributed by atoms with Crippen molar-refractivity contribution in [2.75, 3.05) is 33.4 Å². The van der Waals surface area contributed by atoms with Gasteiger partial charge in [-0.05, 0) is 12.0 Å². The summed E-state index contributed by atoms with van der Waals surface area (Å²) in [4.78, 5) is 32.2. The molecular formula is C20H27N5O4. The molecule has 29 heavy (non-hydrogen) atoms. The third kappa shape index (κ3) is 4.93. The summed E-state index contributed by atoms with van der Waals surface area (Å²) in [6.45, 7) is 4.66. The molecule has 0 aliphatic carbocycles. The van der Waals surface area contributed by atoms with Crippen LogP contribution in [-0.2, 0) is 16.0 Å². The lowest BCUT2D eigenvalue weighted by molar-refractivity contribution is -0.127. The number of aliphatic hydroxyl groups is 1. The van der Waals surface area contributed by atoms with Crippen LogP contribution in [0.15, 0.2) is 48.0 Å². The first-order valence-corrected chi connectivity index (χ1v) is 9.57. The number of imide groups is 1. The second-order valence-corrected chi connectivity index (χ2v) is 7.01. The van der Waals surface area contributed by atoms with Crippen LogP contribution in [0.4, 0.5) is 4.79 Å². The zero-order valence-electron chi connectivity index (χ0n) is 16.5. The number of rotatable bonds is 9. The Kier molecular flexibility index (Phi) is 6.84. The molecule has 2 aliphatic heterocycles. The van der Waals surface area contributed by atoms with Gasteiger partial charge < -0.3 is 25.0 Å². The number of hydrogen-bond donors (Lipinski definition) is 3. The number of nitrogens with zero attached hydrogens (tertiary/aromatic N) is 3. The van der Waals surface area contributed by atoms with E-state index in [9.17, 15) is 14.7 Å². The number of guanidine groups is 1. The minimum atomic E-state index is -0.828. The number of nitrogens with one attached hydrogen (secondary N) is 2. The lowest BCUT2D eigenvalue weighted by Crippen LogP contribution is -2.65. The second-order valence-electron chi connectivity index (χ2n) is 7.01. The first kappa shape index (κ1) is 20.8. The van der Waals surface area contributed by atoms with E-state index in [4.69, 9.17) is 4.74 Å². The van der Waals surface area contributed by atoms with E-state index < -0.39 is 30.2 Å². The molecule has 0 aromatic heterocycles. The van der Waals surface area contributed by atoms with Crippen molar-refractivity contribution in [1.29, 1.82) is 0 Å². The van der Waals surface area contributed by atoms with E-state index >= 15 is 0 Å². The first-order chi connectivity index (χ1) is 14.0. The van der Waals surface area contributed by atoms with Crippen LogP contribution in [0.25, 0.3) is 0 Å². The van der Waals surface area contributed by atoms with E-state index in [0.29, 0.717) is 19.1 Å². The molecule has 2 saturated heterocycles. The molecule has 3 rings (SSSR count). The van der Waals surface area contributed by atoms with Gasteiger partial charge in [0.2, 0.25) is 0 Å². The van der Waals surface area contributed by atoms with Crippen molar-refractivity contribution in [3.8, 4) is 0 Å². The number of aliphatic imine (C=N–C) groups is 1. The summed E-state index contributed by atoms with van der Waals surface area (Å²) < 4.78 is 5.31. The molecule has 3 N–H and O–H groups in total. The number of ether oxygens (including phenoxy) is 1. The van der Waals surface area contributed by atoms with Crippen LogP contribution >= 0.6 is 0 Å². The van der Waals surface area contributed by atoms with Crippen LogP contribution in [0.1, 0.15) is 5.56 Å². The molecule has 3 unspecified atom stereocenters. The summed E-state index contributed by atoms with van der Waals surface area (Å²) in [5.41, 5.74) is 1.15. The van der Waals surface area contributed by atoms with Gasteiger partial charge in [0.15, 0.2) is 12.0 Å². The molecule has 156 valence electrons. The van der Waals surface area contributed by atoms with E-state index in [1.807, 2.05) is 30.3 Å². The summed E-state index contributed by atoms with van der Waals surface area (Å²) >= 11 is 0. The minimum absolute atomic E-state index is 0.105. The molecule has 2 aliphatic rings. The summed E-state index contributed by atoms with van der Waals surface area (Å²) in [5.74, 6) is 0.0634. The van der Waals surface area contributed by atoms with Gasteiger partial charge in [-0.15, -0.1) is 6.58 Å². The van der Waals surface area contributed by atoms with Gasteiger partial charge in [0.1, 0.15) is 6.17 Å². The zero-order chi connectivity index (χ0) is 20.8. The van der Waals surface area contributed by atoms with Gasteiger partial charge in [0.25, 0.3) is 5.91 Å². The Morgan fingerprint density at radius 2 is 2.10 bits per heavy atom. The minimum Gasteiger partial charge on any atom is -0.389 e. The number of benzene rings is 1. The van der Waals surface area contributed by atoms with Crippen LogP contribution in [0.2, 0.25) is 0 Å². The van der Waals surface area contributed by atoms with E-state index in [1.165, 1.54) is 4.90 Å². The average molecular weight is 401 g/mol. The van der Waals surface area contributed by atoms with Crippen molar-refractivity contribution >= 4 is 17.9 Å². The molecule has 9 nitrogen and oxygen atoms in total. The topological polar surface area (TPSA) is 106 Å². The molecule has 1 aromatic rings. The molecule has 0 radical (unpaired) electrons. The molecule has 2 fully saturated rings. The molecule has 1 aromatic carbocycles. The fourth-order valence-corrected chi connectivity index (χ4v) is 3.42. The third-order valence-electron chi connectivity index (χ3n) is 4.88. The average Bonchev–Trinajstić information content (AvgIpc) is 3.06. The van der Waals surface area contributed by atoms with Crippen LogP contribution in [0, 0.1) is 0 Å².